The molecule has 3 rings (SSSR count). The Bertz CT molecular complexity index is 811. The summed E-state index contributed by atoms with van der Waals surface area (Å²) in [5.41, 5.74) is 0. The molecule has 0 unspecified atom stereocenters. The van der Waals surface area contributed by atoms with Crippen LogP contribution in [0.3, 0.4) is 0 Å². The van der Waals surface area contributed by atoms with Gasteiger partial charge in [0, 0.05) is 5.88 Å². The molecular formula is C23H25ClO6Si. The predicted molar refractivity (Wildman–Crippen MR) is 122 cm³/mol. The molecule has 0 aliphatic rings. The van der Waals surface area contributed by atoms with Crippen molar-refractivity contribution < 1.29 is 27.5 Å². The van der Waals surface area contributed by atoms with Gasteiger partial charge in [-0.25, -0.2) is 0 Å². The van der Waals surface area contributed by atoms with Gasteiger partial charge in [-0.05, 0) is 72.8 Å². The molecule has 3 aromatic carbocycles. The molecule has 0 fully saturated rings. The lowest BCUT2D eigenvalue weighted by Crippen LogP contribution is -2.55. The van der Waals surface area contributed by atoms with Gasteiger partial charge in [-0.15, -0.1) is 11.6 Å². The van der Waals surface area contributed by atoms with Gasteiger partial charge in [0.15, 0.2) is 0 Å². The largest absolute Gasteiger partial charge is 0.700 e. The summed E-state index contributed by atoms with van der Waals surface area (Å²) in [6.45, 7) is 0. The zero-order valence-electron chi connectivity index (χ0n) is 17.7. The molecule has 0 heterocycles. The van der Waals surface area contributed by atoms with Crippen LogP contribution in [0.1, 0.15) is 0 Å². The normalized spacial score (nSPS) is 10.8. The average Bonchev–Trinajstić information content (AvgIpc) is 2.81. The van der Waals surface area contributed by atoms with Crippen molar-refractivity contribution in [1.29, 1.82) is 0 Å². The molecule has 0 aromatic heterocycles. The van der Waals surface area contributed by atoms with E-state index in [0.717, 1.165) is 17.2 Å². The molecule has 0 amide bonds. The Hall–Kier alpha value is -3.03. The maximum atomic E-state index is 6.35. The lowest BCUT2D eigenvalue weighted by molar-refractivity contribution is 0.262. The van der Waals surface area contributed by atoms with Gasteiger partial charge in [0.2, 0.25) is 0 Å². The van der Waals surface area contributed by atoms with Crippen LogP contribution in [0.2, 0.25) is 6.04 Å². The maximum Gasteiger partial charge on any atom is 0.700 e. The summed E-state index contributed by atoms with van der Waals surface area (Å²) in [5.74, 6) is 4.27. The topological polar surface area (TPSA) is 55.4 Å². The van der Waals surface area contributed by atoms with Gasteiger partial charge in [0.25, 0.3) is 0 Å². The number of halogens is 1. The number of hydrogen-bond acceptors (Lipinski definition) is 6. The average molecular weight is 461 g/mol. The van der Waals surface area contributed by atoms with Crippen molar-refractivity contribution in [2.24, 2.45) is 0 Å². The highest BCUT2D eigenvalue weighted by atomic mass is 35.5. The summed E-state index contributed by atoms with van der Waals surface area (Å²) in [4.78, 5) is 0. The summed E-state index contributed by atoms with van der Waals surface area (Å²) in [6, 6.07) is 22.1. The molecule has 0 spiro atoms. The molecule has 6 nitrogen and oxygen atoms in total. The van der Waals surface area contributed by atoms with Crippen molar-refractivity contribution in [3.8, 4) is 34.5 Å². The minimum atomic E-state index is -3.36. The molecule has 8 heteroatoms. The van der Waals surface area contributed by atoms with Crippen molar-refractivity contribution in [3.05, 3.63) is 72.8 Å². The lowest BCUT2D eigenvalue weighted by atomic mass is 10.3. The van der Waals surface area contributed by atoms with E-state index >= 15 is 0 Å². The van der Waals surface area contributed by atoms with Gasteiger partial charge >= 0.3 is 8.80 Å². The molecule has 0 saturated carbocycles. The Labute approximate surface area is 188 Å². The van der Waals surface area contributed by atoms with Crippen molar-refractivity contribution in [3.63, 3.8) is 0 Å². The van der Waals surface area contributed by atoms with E-state index in [1.54, 1.807) is 21.3 Å². The lowest BCUT2D eigenvalue weighted by Gasteiger charge is -2.30. The second-order valence-electron chi connectivity index (χ2n) is 6.45. The van der Waals surface area contributed by atoms with Crippen molar-refractivity contribution in [1.82, 2.24) is 0 Å². The van der Waals surface area contributed by atoms with E-state index in [9.17, 15) is 0 Å². The van der Waals surface area contributed by atoms with Gasteiger partial charge in [0.05, 0.1) is 27.4 Å². The molecule has 0 aliphatic carbocycles. The van der Waals surface area contributed by atoms with E-state index in [0.29, 0.717) is 29.2 Å². The second kappa shape index (κ2) is 10.8. The first kappa shape index (κ1) is 22.6. The first-order chi connectivity index (χ1) is 15.1. The van der Waals surface area contributed by atoms with Crippen LogP contribution in [0.4, 0.5) is 0 Å². The Morgan fingerprint density at radius 2 is 0.774 bits per heavy atom. The molecule has 164 valence electrons. The Kier molecular flexibility index (Phi) is 7.92. The maximum absolute atomic E-state index is 6.35. The zero-order valence-corrected chi connectivity index (χ0v) is 19.4. The molecule has 0 saturated heterocycles. The Morgan fingerprint density at radius 3 is 1.00 bits per heavy atom. The van der Waals surface area contributed by atoms with E-state index in [1.165, 1.54) is 0 Å². The Morgan fingerprint density at radius 1 is 0.516 bits per heavy atom. The number of alkyl halides is 1. The minimum absolute atomic E-state index is 0.300. The van der Waals surface area contributed by atoms with E-state index in [-0.39, 0.29) is 0 Å². The van der Waals surface area contributed by atoms with Gasteiger partial charge in [-0.1, -0.05) is 0 Å². The molecule has 0 N–H and O–H groups in total. The van der Waals surface area contributed by atoms with Crippen LogP contribution < -0.4 is 27.5 Å². The summed E-state index contributed by atoms with van der Waals surface area (Å²) in [5, 5.41) is 0. The number of methoxy groups -OCH3 is 3. The SMILES string of the molecule is COc1ccc(O[Si](CCCl)(Oc2ccc(OC)cc2)Oc2ccc(OC)cc2)cc1. The van der Waals surface area contributed by atoms with Gasteiger partial charge in [-0.2, -0.15) is 0 Å². The third kappa shape index (κ3) is 6.22. The standard InChI is InChI=1S/C23H25ClO6Si/c1-25-18-4-10-21(11-5-18)28-31(17-16-24,29-22-12-6-19(26-2)7-13-22)30-23-14-8-20(27-3)9-15-23/h4-15H,16-17H2,1-3H3. The van der Waals surface area contributed by atoms with Crippen molar-refractivity contribution in [2.45, 2.75) is 6.04 Å². The molecule has 0 bridgehead atoms. The molecule has 0 radical (unpaired) electrons. The van der Waals surface area contributed by atoms with Gasteiger partial charge in [-0.3, -0.25) is 0 Å². The third-order valence-electron chi connectivity index (χ3n) is 4.40. The van der Waals surface area contributed by atoms with E-state index in [1.807, 2.05) is 72.8 Å². The smallest absolute Gasteiger partial charge is 0.497 e. The van der Waals surface area contributed by atoms with Crippen LogP contribution in [0.25, 0.3) is 0 Å². The molecule has 31 heavy (non-hydrogen) atoms. The van der Waals surface area contributed by atoms with Gasteiger partial charge < -0.3 is 27.5 Å². The van der Waals surface area contributed by atoms with Gasteiger partial charge in [0.1, 0.15) is 34.5 Å². The van der Waals surface area contributed by atoms with Crippen LogP contribution in [0.5, 0.6) is 34.5 Å². The van der Waals surface area contributed by atoms with Crippen LogP contribution >= 0.6 is 11.6 Å². The monoisotopic (exact) mass is 460 g/mol. The minimum Gasteiger partial charge on any atom is -0.497 e. The molecule has 0 atom stereocenters. The predicted octanol–water partition coefficient (Wildman–Crippen LogP) is 5.43. The fourth-order valence-electron chi connectivity index (χ4n) is 2.80. The highest BCUT2D eigenvalue weighted by Gasteiger charge is 2.49. The highest BCUT2D eigenvalue weighted by molar-refractivity contribution is 6.64. The van der Waals surface area contributed by atoms with Crippen LogP contribution in [0, 0.1) is 0 Å². The van der Waals surface area contributed by atoms with E-state index in [4.69, 9.17) is 39.1 Å². The van der Waals surface area contributed by atoms with Crippen LogP contribution in [0.15, 0.2) is 72.8 Å². The number of hydrogen-bond donors (Lipinski definition) is 0. The quantitative estimate of drug-likeness (QED) is 0.281. The Balaban J connectivity index is 1.93. The fourth-order valence-corrected chi connectivity index (χ4v) is 5.64. The third-order valence-corrected chi connectivity index (χ3v) is 7.41. The summed E-state index contributed by atoms with van der Waals surface area (Å²) in [6.07, 6.45) is 0. The molecule has 3 aromatic rings. The second-order valence-corrected chi connectivity index (χ2v) is 9.31. The summed E-state index contributed by atoms with van der Waals surface area (Å²) >= 11 is 6.16. The zero-order chi connectivity index (χ0) is 22.1. The molecular weight excluding hydrogens is 436 g/mol. The number of benzene rings is 3. The van der Waals surface area contributed by atoms with Crippen molar-refractivity contribution in [2.75, 3.05) is 27.2 Å². The number of ether oxygens (including phenoxy) is 3. The van der Waals surface area contributed by atoms with Crippen molar-refractivity contribution >= 4 is 20.4 Å². The molecule has 0 aliphatic heterocycles. The fraction of sp³-hybridized carbons (Fsp3) is 0.217. The highest BCUT2D eigenvalue weighted by Crippen LogP contribution is 2.29. The van der Waals surface area contributed by atoms with E-state index < -0.39 is 8.80 Å². The van der Waals surface area contributed by atoms with Crippen LogP contribution in [-0.2, 0) is 0 Å². The summed E-state index contributed by atoms with van der Waals surface area (Å²) < 4.78 is 34.8. The first-order valence-electron chi connectivity index (χ1n) is 9.65. The summed E-state index contributed by atoms with van der Waals surface area (Å²) in [7, 11) is 1.48. The number of rotatable bonds is 11. The first-order valence-corrected chi connectivity index (χ1v) is 12.1. The van der Waals surface area contributed by atoms with Crippen LogP contribution in [-0.4, -0.2) is 36.0 Å². The van der Waals surface area contributed by atoms with E-state index in [2.05, 4.69) is 0 Å².